The van der Waals surface area contributed by atoms with Crippen LogP contribution in [-0.2, 0) is 28.6 Å². The third kappa shape index (κ3) is 47.6. The summed E-state index contributed by atoms with van der Waals surface area (Å²) in [5.74, 6) is -1.06. The first-order valence-electron chi connectivity index (χ1n) is 25.6. The molecule has 0 aromatic carbocycles. The van der Waals surface area contributed by atoms with E-state index < -0.39 is 12.1 Å². The van der Waals surface area contributed by atoms with E-state index in [2.05, 4.69) is 93.7 Å². The van der Waals surface area contributed by atoms with Crippen LogP contribution in [-0.4, -0.2) is 37.2 Å². The van der Waals surface area contributed by atoms with Crippen LogP contribution in [0, 0.1) is 0 Å². The van der Waals surface area contributed by atoms with Crippen molar-refractivity contribution in [2.75, 3.05) is 13.2 Å². The normalized spacial score (nSPS) is 12.8. The van der Waals surface area contributed by atoms with Gasteiger partial charge in [-0.1, -0.05) is 221 Å². The molecule has 0 spiro atoms. The lowest BCUT2D eigenvalue weighted by molar-refractivity contribution is -0.166. The first-order valence-corrected chi connectivity index (χ1v) is 25.6. The number of unbranched alkanes of at least 4 members (excludes halogenated alkanes) is 21. The molecule has 0 aliphatic carbocycles. The molecule has 0 aromatic heterocycles. The molecule has 6 nitrogen and oxygen atoms in total. The van der Waals surface area contributed by atoms with Crippen LogP contribution in [0.1, 0.15) is 233 Å². The third-order valence-electron chi connectivity index (χ3n) is 10.7. The first-order chi connectivity index (χ1) is 30.5. The van der Waals surface area contributed by atoms with Gasteiger partial charge in [0.2, 0.25) is 0 Å². The molecule has 1 unspecified atom stereocenters. The highest BCUT2D eigenvalue weighted by atomic mass is 16.6. The molecule has 0 saturated heterocycles. The largest absolute Gasteiger partial charge is 0.462 e. The zero-order valence-corrected chi connectivity index (χ0v) is 40.4. The van der Waals surface area contributed by atoms with Crippen molar-refractivity contribution in [1.29, 1.82) is 0 Å². The molecule has 1 atom stereocenters. The summed E-state index contributed by atoms with van der Waals surface area (Å²) >= 11 is 0. The van der Waals surface area contributed by atoms with Gasteiger partial charge in [0.05, 0.1) is 6.42 Å². The lowest BCUT2D eigenvalue weighted by atomic mass is 10.0. The van der Waals surface area contributed by atoms with Gasteiger partial charge in [0.15, 0.2) is 6.10 Å². The van der Waals surface area contributed by atoms with Crippen molar-refractivity contribution in [3.8, 4) is 0 Å². The van der Waals surface area contributed by atoms with Gasteiger partial charge in [-0.05, 0) is 77.0 Å². The van der Waals surface area contributed by atoms with Crippen LogP contribution in [0.5, 0.6) is 0 Å². The molecule has 0 rings (SSSR count). The number of hydrogen-bond acceptors (Lipinski definition) is 6. The molecule has 0 saturated carbocycles. The Labute approximate surface area is 382 Å². The molecular weight excluding hydrogens is 769 g/mol. The summed E-state index contributed by atoms with van der Waals surface area (Å²) in [4.78, 5) is 37.9. The fourth-order valence-corrected chi connectivity index (χ4v) is 6.84. The van der Waals surface area contributed by atoms with E-state index in [1.807, 2.05) is 6.08 Å². The Morgan fingerprint density at radius 2 is 0.677 bits per heavy atom. The molecule has 62 heavy (non-hydrogen) atoms. The van der Waals surface area contributed by atoms with Crippen LogP contribution in [0.4, 0.5) is 0 Å². The quantitative estimate of drug-likeness (QED) is 0.0263. The van der Waals surface area contributed by atoms with Gasteiger partial charge in [0.1, 0.15) is 13.2 Å². The monoisotopic (exact) mass is 863 g/mol. The van der Waals surface area contributed by atoms with Crippen molar-refractivity contribution in [3.05, 3.63) is 85.1 Å². The van der Waals surface area contributed by atoms with Gasteiger partial charge < -0.3 is 14.2 Å². The van der Waals surface area contributed by atoms with Gasteiger partial charge in [0.25, 0.3) is 0 Å². The van der Waals surface area contributed by atoms with Crippen LogP contribution < -0.4 is 0 Å². The topological polar surface area (TPSA) is 78.9 Å². The minimum Gasteiger partial charge on any atom is -0.462 e. The van der Waals surface area contributed by atoms with Gasteiger partial charge in [-0.3, -0.25) is 14.4 Å². The van der Waals surface area contributed by atoms with E-state index in [1.54, 1.807) is 6.08 Å². The lowest BCUT2D eigenvalue weighted by Gasteiger charge is -2.18. The molecule has 0 radical (unpaired) electrons. The van der Waals surface area contributed by atoms with E-state index in [-0.39, 0.29) is 31.6 Å². The fraction of sp³-hybridized carbons (Fsp3) is 0.696. The highest BCUT2D eigenvalue weighted by Crippen LogP contribution is 2.14. The smallest absolute Gasteiger partial charge is 0.310 e. The van der Waals surface area contributed by atoms with E-state index in [4.69, 9.17) is 14.2 Å². The summed E-state index contributed by atoms with van der Waals surface area (Å²) in [5, 5.41) is 0. The maximum atomic E-state index is 12.7. The summed E-state index contributed by atoms with van der Waals surface area (Å²) < 4.78 is 16.7. The Balaban J connectivity index is 4.50. The van der Waals surface area contributed by atoms with Crippen molar-refractivity contribution in [3.63, 3.8) is 0 Å². The molecule has 0 aliphatic heterocycles. The molecule has 6 heteroatoms. The van der Waals surface area contributed by atoms with E-state index in [0.717, 1.165) is 83.5 Å². The van der Waals surface area contributed by atoms with Crippen molar-refractivity contribution in [2.45, 2.75) is 239 Å². The van der Waals surface area contributed by atoms with Crippen LogP contribution in [0.15, 0.2) is 85.1 Å². The average Bonchev–Trinajstić information content (AvgIpc) is 3.27. The van der Waals surface area contributed by atoms with Gasteiger partial charge in [-0.15, -0.1) is 0 Å². The highest BCUT2D eigenvalue weighted by Gasteiger charge is 2.19. The minimum absolute atomic E-state index is 0.0956. The van der Waals surface area contributed by atoms with E-state index in [0.29, 0.717) is 12.8 Å². The third-order valence-corrected chi connectivity index (χ3v) is 10.7. The second-order valence-electron chi connectivity index (χ2n) is 16.7. The molecule has 354 valence electrons. The highest BCUT2D eigenvalue weighted by molar-refractivity contribution is 5.72. The molecule has 0 heterocycles. The van der Waals surface area contributed by atoms with Crippen LogP contribution in [0.3, 0.4) is 0 Å². The van der Waals surface area contributed by atoms with E-state index in [1.165, 1.54) is 109 Å². The predicted molar refractivity (Wildman–Crippen MR) is 265 cm³/mol. The molecule has 0 aromatic rings. The number of esters is 3. The fourth-order valence-electron chi connectivity index (χ4n) is 6.84. The zero-order chi connectivity index (χ0) is 45.1. The van der Waals surface area contributed by atoms with E-state index >= 15 is 0 Å². The van der Waals surface area contributed by atoms with Crippen molar-refractivity contribution >= 4 is 17.9 Å². The number of carbonyl (C=O) groups is 3. The summed E-state index contributed by atoms with van der Waals surface area (Å²) in [6, 6.07) is 0. The Bertz CT molecular complexity index is 1220. The average molecular weight is 863 g/mol. The SMILES string of the molecule is CC/C=C\C/C=C\C/C=C\C/C=C\C/C=C\CC(=O)OC(COC(=O)CCCCCCCCC/C=C\C/C=C\CCCCC)COC(=O)CCCCCCCCCCCCCC. The summed E-state index contributed by atoms with van der Waals surface area (Å²) in [6.45, 7) is 6.40. The van der Waals surface area contributed by atoms with Crippen molar-refractivity contribution < 1.29 is 28.6 Å². The first kappa shape index (κ1) is 58.6. The number of carbonyl (C=O) groups excluding carboxylic acids is 3. The number of hydrogen-bond donors (Lipinski definition) is 0. The Kier molecular flexibility index (Phi) is 47.5. The van der Waals surface area contributed by atoms with Crippen LogP contribution in [0.2, 0.25) is 0 Å². The number of rotatable bonds is 45. The maximum absolute atomic E-state index is 12.7. The second kappa shape index (κ2) is 50.2. The summed E-state index contributed by atoms with van der Waals surface area (Å²) in [7, 11) is 0. The Morgan fingerprint density at radius 1 is 0.355 bits per heavy atom. The van der Waals surface area contributed by atoms with Gasteiger partial charge in [-0.2, -0.15) is 0 Å². The van der Waals surface area contributed by atoms with Gasteiger partial charge in [0, 0.05) is 12.8 Å². The van der Waals surface area contributed by atoms with Gasteiger partial charge >= 0.3 is 17.9 Å². The minimum atomic E-state index is -0.832. The second-order valence-corrected chi connectivity index (χ2v) is 16.7. The standard InChI is InChI=1S/C56H94O6/c1-4-7-10-13-16-19-22-25-27-28-30-31-34-37-40-43-46-49-55(58)61-52-53(51-60-54(57)48-45-42-39-36-33-24-21-18-15-12-9-6-3)62-56(59)50-47-44-41-38-35-32-29-26-23-20-17-14-11-8-5-2/h8,11,16-17,19-20,25-27,29,35,38,44,47,53H,4-7,9-10,12-15,18,21-24,28,30-34,36-37,39-43,45-46,48-52H2,1-3H3/b11-8-,19-16-,20-17-,27-25-,29-26-,38-35-,47-44-. The van der Waals surface area contributed by atoms with Crippen LogP contribution in [0.25, 0.3) is 0 Å². The molecule has 0 fully saturated rings. The van der Waals surface area contributed by atoms with Crippen molar-refractivity contribution in [1.82, 2.24) is 0 Å². The van der Waals surface area contributed by atoms with E-state index in [9.17, 15) is 14.4 Å². The lowest BCUT2D eigenvalue weighted by Crippen LogP contribution is -2.30. The van der Waals surface area contributed by atoms with Gasteiger partial charge in [-0.25, -0.2) is 0 Å². The molecule has 0 N–H and O–H groups in total. The zero-order valence-electron chi connectivity index (χ0n) is 40.4. The number of ether oxygens (including phenoxy) is 3. The summed E-state index contributed by atoms with van der Waals surface area (Å²) in [5.41, 5.74) is 0. The molecule has 0 aliphatic rings. The number of allylic oxidation sites excluding steroid dienone is 13. The maximum Gasteiger partial charge on any atom is 0.310 e. The Morgan fingerprint density at radius 3 is 1.10 bits per heavy atom. The summed E-state index contributed by atoms with van der Waals surface area (Å²) in [6.07, 6.45) is 64.4. The van der Waals surface area contributed by atoms with Crippen LogP contribution >= 0.6 is 0 Å². The molecular formula is C56H94O6. The predicted octanol–water partition coefficient (Wildman–Crippen LogP) is 16.8. The molecule has 0 bridgehead atoms. The van der Waals surface area contributed by atoms with Crippen molar-refractivity contribution in [2.24, 2.45) is 0 Å². The Hall–Kier alpha value is -3.41. The molecule has 0 amide bonds.